The van der Waals surface area contributed by atoms with E-state index in [1.54, 1.807) is 0 Å². The molecule has 2 rings (SSSR count). The molecule has 1 aliphatic heterocycles. The molecule has 4 nitrogen and oxygen atoms in total. The monoisotopic (exact) mass is 257 g/mol. The van der Waals surface area contributed by atoms with Gasteiger partial charge in [-0.1, -0.05) is 6.42 Å². The van der Waals surface area contributed by atoms with Crippen molar-refractivity contribution < 1.29 is 14.6 Å². The van der Waals surface area contributed by atoms with Gasteiger partial charge in [0.25, 0.3) is 0 Å². The van der Waals surface area contributed by atoms with Crippen molar-refractivity contribution in [3.05, 3.63) is 0 Å². The Kier molecular flexibility index (Phi) is 5.89. The molecule has 4 heteroatoms. The van der Waals surface area contributed by atoms with Gasteiger partial charge >= 0.3 is 0 Å². The molecule has 0 radical (unpaired) electrons. The third kappa shape index (κ3) is 4.50. The molecule has 0 amide bonds. The number of aliphatic hydroxyl groups is 1. The van der Waals surface area contributed by atoms with Gasteiger partial charge in [-0.05, 0) is 38.5 Å². The van der Waals surface area contributed by atoms with Crippen LogP contribution in [-0.2, 0) is 9.47 Å². The van der Waals surface area contributed by atoms with Crippen LogP contribution in [0.15, 0.2) is 0 Å². The molecule has 1 saturated carbocycles. The van der Waals surface area contributed by atoms with E-state index in [-0.39, 0.29) is 6.10 Å². The second-order valence-electron chi connectivity index (χ2n) is 5.71. The first-order valence-corrected chi connectivity index (χ1v) is 7.36. The summed E-state index contributed by atoms with van der Waals surface area (Å²) in [5, 5.41) is 13.2. The van der Waals surface area contributed by atoms with Crippen LogP contribution in [0.25, 0.3) is 0 Å². The Bertz CT molecular complexity index is 227. The summed E-state index contributed by atoms with van der Waals surface area (Å²) in [5.74, 6) is 0.810. The molecule has 0 aromatic carbocycles. The van der Waals surface area contributed by atoms with Crippen LogP contribution in [0.4, 0.5) is 0 Å². The largest absolute Gasteiger partial charge is 0.389 e. The van der Waals surface area contributed by atoms with Crippen molar-refractivity contribution >= 4 is 0 Å². The maximum Gasteiger partial charge on any atom is 0.0897 e. The first-order valence-electron chi connectivity index (χ1n) is 7.36. The molecular weight excluding hydrogens is 230 g/mol. The van der Waals surface area contributed by atoms with Gasteiger partial charge in [-0.15, -0.1) is 0 Å². The molecule has 3 atom stereocenters. The minimum atomic E-state index is -0.408. The molecule has 3 unspecified atom stereocenters. The Hall–Kier alpha value is -0.160. The standard InChI is InChI=1S/C14H27NO3/c1-11(12-4-2-5-12)15-8-13(16)9-17-10-14-6-3-7-18-14/h11-16H,2-10H2,1H3. The van der Waals surface area contributed by atoms with Crippen LogP contribution >= 0.6 is 0 Å². The molecular formula is C14H27NO3. The van der Waals surface area contributed by atoms with Crippen molar-refractivity contribution in [3.8, 4) is 0 Å². The van der Waals surface area contributed by atoms with Gasteiger partial charge in [0.2, 0.25) is 0 Å². The molecule has 2 fully saturated rings. The van der Waals surface area contributed by atoms with Crippen LogP contribution in [-0.4, -0.2) is 49.7 Å². The zero-order chi connectivity index (χ0) is 12.8. The summed E-state index contributed by atoms with van der Waals surface area (Å²) in [6, 6.07) is 0.520. The van der Waals surface area contributed by atoms with Gasteiger partial charge < -0.3 is 19.9 Å². The summed E-state index contributed by atoms with van der Waals surface area (Å²) in [4.78, 5) is 0. The van der Waals surface area contributed by atoms with E-state index in [1.807, 2.05) is 0 Å². The zero-order valence-electron chi connectivity index (χ0n) is 11.4. The average Bonchev–Trinajstić information content (AvgIpc) is 2.77. The highest BCUT2D eigenvalue weighted by Gasteiger charge is 2.24. The van der Waals surface area contributed by atoms with Gasteiger partial charge in [0.05, 0.1) is 25.4 Å². The van der Waals surface area contributed by atoms with E-state index in [0.717, 1.165) is 25.4 Å². The summed E-state index contributed by atoms with van der Waals surface area (Å²) in [5.41, 5.74) is 0. The Balaban J connectivity index is 1.47. The van der Waals surface area contributed by atoms with Gasteiger partial charge in [0.15, 0.2) is 0 Å². The van der Waals surface area contributed by atoms with E-state index in [0.29, 0.717) is 25.8 Å². The van der Waals surface area contributed by atoms with Crippen molar-refractivity contribution in [2.45, 2.75) is 57.3 Å². The first kappa shape index (κ1) is 14.3. The lowest BCUT2D eigenvalue weighted by Crippen LogP contribution is -2.42. The highest BCUT2D eigenvalue weighted by molar-refractivity contribution is 4.80. The van der Waals surface area contributed by atoms with Gasteiger partial charge in [0.1, 0.15) is 0 Å². The van der Waals surface area contributed by atoms with Crippen LogP contribution < -0.4 is 5.32 Å². The Morgan fingerprint density at radius 1 is 1.33 bits per heavy atom. The molecule has 0 aromatic heterocycles. The number of nitrogens with one attached hydrogen (secondary N) is 1. The molecule has 106 valence electrons. The average molecular weight is 257 g/mol. The molecule has 0 bridgehead atoms. The maximum atomic E-state index is 9.82. The van der Waals surface area contributed by atoms with E-state index in [2.05, 4.69) is 12.2 Å². The van der Waals surface area contributed by atoms with Crippen LogP contribution in [0.2, 0.25) is 0 Å². The number of hydrogen-bond donors (Lipinski definition) is 2. The summed E-state index contributed by atoms with van der Waals surface area (Å²) in [6.07, 6.45) is 6.10. The van der Waals surface area contributed by atoms with Crippen molar-refractivity contribution in [2.24, 2.45) is 5.92 Å². The number of rotatable bonds is 8. The maximum absolute atomic E-state index is 9.82. The summed E-state index contributed by atoms with van der Waals surface area (Å²) in [7, 11) is 0. The van der Waals surface area contributed by atoms with E-state index in [9.17, 15) is 5.11 Å². The first-order chi connectivity index (χ1) is 8.75. The Morgan fingerprint density at radius 3 is 2.78 bits per heavy atom. The Labute approximate surface area is 110 Å². The van der Waals surface area contributed by atoms with Gasteiger partial charge in [-0.25, -0.2) is 0 Å². The van der Waals surface area contributed by atoms with Crippen LogP contribution in [0.5, 0.6) is 0 Å². The fourth-order valence-electron chi connectivity index (χ4n) is 2.60. The fraction of sp³-hybridized carbons (Fsp3) is 1.00. The zero-order valence-corrected chi connectivity index (χ0v) is 11.4. The number of hydrogen-bond acceptors (Lipinski definition) is 4. The summed E-state index contributed by atoms with van der Waals surface area (Å²) in [6.45, 7) is 4.73. The lowest BCUT2D eigenvalue weighted by molar-refractivity contribution is -0.0174. The van der Waals surface area contributed by atoms with Crippen LogP contribution in [0.1, 0.15) is 39.0 Å². The normalized spacial score (nSPS) is 28.0. The summed E-state index contributed by atoms with van der Waals surface area (Å²) >= 11 is 0. The molecule has 18 heavy (non-hydrogen) atoms. The predicted molar refractivity (Wildman–Crippen MR) is 70.6 cm³/mol. The van der Waals surface area contributed by atoms with E-state index in [4.69, 9.17) is 9.47 Å². The molecule has 2 N–H and O–H groups in total. The van der Waals surface area contributed by atoms with E-state index >= 15 is 0 Å². The number of ether oxygens (including phenoxy) is 2. The smallest absolute Gasteiger partial charge is 0.0897 e. The van der Waals surface area contributed by atoms with Crippen molar-refractivity contribution in [3.63, 3.8) is 0 Å². The number of aliphatic hydroxyl groups excluding tert-OH is 1. The lowest BCUT2D eigenvalue weighted by Gasteiger charge is -2.32. The third-order valence-corrected chi connectivity index (χ3v) is 4.17. The predicted octanol–water partition coefficient (Wildman–Crippen LogP) is 1.32. The van der Waals surface area contributed by atoms with Gasteiger partial charge in [0, 0.05) is 19.2 Å². The van der Waals surface area contributed by atoms with E-state index < -0.39 is 6.10 Å². The third-order valence-electron chi connectivity index (χ3n) is 4.17. The fourth-order valence-corrected chi connectivity index (χ4v) is 2.60. The summed E-state index contributed by atoms with van der Waals surface area (Å²) < 4.78 is 11.0. The molecule has 1 heterocycles. The quantitative estimate of drug-likeness (QED) is 0.688. The minimum Gasteiger partial charge on any atom is -0.389 e. The topological polar surface area (TPSA) is 50.7 Å². The second kappa shape index (κ2) is 7.43. The second-order valence-corrected chi connectivity index (χ2v) is 5.71. The lowest BCUT2D eigenvalue weighted by atomic mass is 9.80. The van der Waals surface area contributed by atoms with E-state index in [1.165, 1.54) is 19.3 Å². The van der Waals surface area contributed by atoms with Crippen LogP contribution in [0, 0.1) is 5.92 Å². The van der Waals surface area contributed by atoms with Gasteiger partial charge in [-0.2, -0.15) is 0 Å². The highest BCUT2D eigenvalue weighted by Crippen LogP contribution is 2.29. The highest BCUT2D eigenvalue weighted by atomic mass is 16.5. The molecule has 1 saturated heterocycles. The molecule has 2 aliphatic rings. The molecule has 1 aliphatic carbocycles. The Morgan fingerprint density at radius 2 is 2.17 bits per heavy atom. The minimum absolute atomic E-state index is 0.249. The van der Waals surface area contributed by atoms with Gasteiger partial charge in [-0.3, -0.25) is 0 Å². The van der Waals surface area contributed by atoms with Crippen molar-refractivity contribution in [1.29, 1.82) is 0 Å². The van der Waals surface area contributed by atoms with Crippen molar-refractivity contribution in [2.75, 3.05) is 26.4 Å². The SMILES string of the molecule is CC(NCC(O)COCC1CCCO1)C1CCC1. The molecule has 0 spiro atoms. The van der Waals surface area contributed by atoms with Crippen molar-refractivity contribution in [1.82, 2.24) is 5.32 Å². The molecule has 0 aromatic rings. The van der Waals surface area contributed by atoms with Crippen LogP contribution in [0.3, 0.4) is 0 Å².